The van der Waals surface area contributed by atoms with Gasteiger partial charge in [-0.15, -0.1) is 0 Å². The van der Waals surface area contributed by atoms with Crippen LogP contribution in [-0.2, 0) is 31.8 Å². The number of piperazine rings is 1. The van der Waals surface area contributed by atoms with Gasteiger partial charge < -0.3 is 24.0 Å². The van der Waals surface area contributed by atoms with Gasteiger partial charge in [0.25, 0.3) is 0 Å². The normalized spacial score (nSPS) is 19.6. The molecule has 1 aromatic heterocycles. The fourth-order valence-corrected chi connectivity index (χ4v) is 4.74. The molecule has 1 unspecified atom stereocenters. The molecular weight excluding hydrogens is 472 g/mol. The van der Waals surface area contributed by atoms with E-state index in [1.54, 1.807) is 6.26 Å². The highest BCUT2D eigenvalue weighted by Gasteiger charge is 2.31. The molecule has 2 saturated heterocycles. The molecular formula is C24H29ClN6O4. The van der Waals surface area contributed by atoms with Gasteiger partial charge in [0.1, 0.15) is 12.1 Å². The smallest absolute Gasteiger partial charge is 0.230 e. The molecule has 3 aliphatic rings. The first-order valence-corrected chi connectivity index (χ1v) is 12.3. The fourth-order valence-electron chi connectivity index (χ4n) is 4.57. The van der Waals surface area contributed by atoms with Crippen LogP contribution in [0.4, 0.5) is 5.95 Å². The lowest BCUT2D eigenvalue weighted by Crippen LogP contribution is -2.53. The van der Waals surface area contributed by atoms with Gasteiger partial charge in [0.2, 0.25) is 23.9 Å². The molecule has 10 nitrogen and oxygen atoms in total. The lowest BCUT2D eigenvalue weighted by molar-refractivity contribution is -0.132. The van der Waals surface area contributed by atoms with E-state index in [2.05, 4.69) is 32.0 Å². The molecule has 1 aromatic carbocycles. The van der Waals surface area contributed by atoms with Gasteiger partial charge in [0.05, 0.1) is 25.7 Å². The molecule has 0 spiro atoms. The number of carbonyl (C=O) groups is 1. The molecule has 2 fully saturated rings. The highest BCUT2D eigenvalue weighted by Crippen LogP contribution is 2.23. The van der Waals surface area contributed by atoms with Crippen LogP contribution in [-0.4, -0.2) is 96.0 Å². The van der Waals surface area contributed by atoms with Crippen LogP contribution < -0.4 is 4.90 Å². The third-order valence-electron chi connectivity index (χ3n) is 6.45. The maximum atomic E-state index is 13.1. The van der Waals surface area contributed by atoms with Crippen molar-refractivity contribution in [1.82, 2.24) is 24.8 Å². The van der Waals surface area contributed by atoms with Crippen molar-refractivity contribution in [2.45, 2.75) is 18.9 Å². The first-order valence-electron chi connectivity index (χ1n) is 11.9. The topological polar surface area (TPSA) is 93.2 Å². The second-order valence-corrected chi connectivity index (χ2v) is 9.01. The van der Waals surface area contributed by atoms with E-state index in [0.29, 0.717) is 51.2 Å². The SMILES string of the molecule is O=C(Cc1nc(Cl)nc(N2CCOCC2)n1)N1CCN(C(Cc2ccccc2)C2=COCO2)CC1. The zero-order chi connectivity index (χ0) is 24.0. The third-order valence-corrected chi connectivity index (χ3v) is 6.62. The Labute approximate surface area is 209 Å². The second kappa shape index (κ2) is 11.2. The highest BCUT2D eigenvalue weighted by atomic mass is 35.5. The minimum atomic E-state index is -0.0147. The predicted molar refractivity (Wildman–Crippen MR) is 129 cm³/mol. The van der Waals surface area contributed by atoms with Gasteiger partial charge in [-0.2, -0.15) is 9.97 Å². The van der Waals surface area contributed by atoms with Crippen LogP contribution in [0.3, 0.4) is 0 Å². The Balaban J connectivity index is 1.20. The molecule has 1 atom stereocenters. The average Bonchev–Trinajstić information content (AvgIpc) is 3.43. The number of amides is 1. The molecule has 0 aliphatic carbocycles. The van der Waals surface area contributed by atoms with E-state index in [9.17, 15) is 4.79 Å². The zero-order valence-corrected chi connectivity index (χ0v) is 20.3. The Kier molecular flexibility index (Phi) is 7.60. The monoisotopic (exact) mass is 500 g/mol. The number of aromatic nitrogens is 3. The first-order chi connectivity index (χ1) is 17.2. The maximum Gasteiger partial charge on any atom is 0.230 e. The average molecular weight is 501 g/mol. The summed E-state index contributed by atoms with van der Waals surface area (Å²) in [6, 6.07) is 10.4. The second-order valence-electron chi connectivity index (χ2n) is 8.67. The van der Waals surface area contributed by atoms with Crippen molar-refractivity contribution in [3.05, 3.63) is 59.0 Å². The molecule has 0 radical (unpaired) electrons. The molecule has 0 N–H and O–H groups in total. The maximum absolute atomic E-state index is 13.1. The summed E-state index contributed by atoms with van der Waals surface area (Å²) in [4.78, 5) is 32.2. The van der Waals surface area contributed by atoms with Crippen molar-refractivity contribution in [2.75, 3.05) is 64.2 Å². The lowest BCUT2D eigenvalue weighted by Gasteiger charge is -2.39. The van der Waals surface area contributed by atoms with Gasteiger partial charge in [-0.3, -0.25) is 9.69 Å². The molecule has 3 aliphatic heterocycles. The Hall–Kier alpha value is -2.95. The molecule has 0 bridgehead atoms. The zero-order valence-electron chi connectivity index (χ0n) is 19.5. The van der Waals surface area contributed by atoms with Gasteiger partial charge >= 0.3 is 0 Å². The molecule has 0 saturated carbocycles. The van der Waals surface area contributed by atoms with E-state index in [4.69, 9.17) is 25.8 Å². The van der Waals surface area contributed by atoms with E-state index < -0.39 is 0 Å². The summed E-state index contributed by atoms with van der Waals surface area (Å²) < 4.78 is 16.5. The van der Waals surface area contributed by atoms with E-state index in [-0.39, 0.29) is 30.4 Å². The van der Waals surface area contributed by atoms with Gasteiger partial charge in [-0.05, 0) is 23.6 Å². The molecule has 1 amide bonds. The quantitative estimate of drug-likeness (QED) is 0.560. The Morgan fingerprint density at radius 3 is 2.49 bits per heavy atom. The number of rotatable bonds is 7. The number of ether oxygens (including phenoxy) is 3. The number of morpholine rings is 1. The lowest BCUT2D eigenvalue weighted by atomic mass is 10.0. The fraction of sp³-hybridized carbons (Fsp3) is 0.500. The summed E-state index contributed by atoms with van der Waals surface area (Å²) in [6.45, 7) is 5.56. The number of nitrogens with zero attached hydrogens (tertiary/aromatic N) is 6. The number of benzene rings is 1. The minimum absolute atomic E-state index is 0.0147. The number of anilines is 1. The van der Waals surface area contributed by atoms with Gasteiger partial charge in [0.15, 0.2) is 5.76 Å². The van der Waals surface area contributed by atoms with Gasteiger partial charge in [0, 0.05) is 39.3 Å². The standard InChI is InChI=1S/C24H29ClN6O4/c25-23-26-21(27-24(28-23)31-10-12-33-13-11-31)15-22(32)30-8-6-29(7-9-30)19(20-16-34-17-35-20)14-18-4-2-1-3-5-18/h1-5,16,19H,6-15,17H2. The van der Waals surface area contributed by atoms with Crippen molar-refractivity contribution in [2.24, 2.45) is 0 Å². The van der Waals surface area contributed by atoms with E-state index in [1.165, 1.54) is 5.56 Å². The minimum Gasteiger partial charge on any atom is -0.462 e. The molecule has 186 valence electrons. The molecule has 2 aromatic rings. The van der Waals surface area contributed by atoms with Crippen LogP contribution in [0.2, 0.25) is 5.28 Å². The van der Waals surface area contributed by atoms with Gasteiger partial charge in [-0.25, -0.2) is 4.98 Å². The van der Waals surface area contributed by atoms with Crippen LogP contribution in [0.25, 0.3) is 0 Å². The number of hydrogen-bond acceptors (Lipinski definition) is 9. The Morgan fingerprint density at radius 2 is 1.77 bits per heavy atom. The van der Waals surface area contributed by atoms with Gasteiger partial charge in [-0.1, -0.05) is 30.3 Å². The van der Waals surface area contributed by atoms with Crippen molar-refractivity contribution >= 4 is 23.5 Å². The van der Waals surface area contributed by atoms with Crippen LogP contribution in [0.15, 0.2) is 42.4 Å². The predicted octanol–water partition coefficient (Wildman–Crippen LogP) is 1.51. The summed E-state index contributed by atoms with van der Waals surface area (Å²) >= 11 is 6.14. The van der Waals surface area contributed by atoms with Crippen LogP contribution >= 0.6 is 11.6 Å². The van der Waals surface area contributed by atoms with Crippen molar-refractivity contribution < 1.29 is 19.0 Å². The van der Waals surface area contributed by atoms with Crippen molar-refractivity contribution in [3.8, 4) is 0 Å². The summed E-state index contributed by atoms with van der Waals surface area (Å²) in [7, 11) is 0. The Morgan fingerprint density at radius 1 is 1.00 bits per heavy atom. The van der Waals surface area contributed by atoms with Crippen LogP contribution in [0.1, 0.15) is 11.4 Å². The molecule has 11 heteroatoms. The molecule has 35 heavy (non-hydrogen) atoms. The number of hydrogen-bond donors (Lipinski definition) is 0. The number of halogens is 1. The summed E-state index contributed by atoms with van der Waals surface area (Å²) in [5.41, 5.74) is 1.23. The van der Waals surface area contributed by atoms with E-state index >= 15 is 0 Å². The summed E-state index contributed by atoms with van der Waals surface area (Å²) in [5.74, 6) is 1.71. The van der Waals surface area contributed by atoms with Crippen molar-refractivity contribution in [1.29, 1.82) is 0 Å². The number of carbonyl (C=O) groups excluding carboxylic acids is 1. The Bertz CT molecular complexity index is 1040. The largest absolute Gasteiger partial charge is 0.462 e. The van der Waals surface area contributed by atoms with Crippen LogP contribution in [0, 0.1) is 0 Å². The molecule has 4 heterocycles. The molecule has 5 rings (SSSR count). The summed E-state index contributed by atoms with van der Waals surface area (Å²) in [6.07, 6.45) is 2.62. The van der Waals surface area contributed by atoms with E-state index in [1.807, 2.05) is 28.0 Å². The van der Waals surface area contributed by atoms with E-state index in [0.717, 1.165) is 25.3 Å². The van der Waals surface area contributed by atoms with Crippen molar-refractivity contribution in [3.63, 3.8) is 0 Å². The highest BCUT2D eigenvalue weighted by molar-refractivity contribution is 6.28. The van der Waals surface area contributed by atoms with Crippen LogP contribution in [0.5, 0.6) is 0 Å². The third kappa shape index (κ3) is 6.01. The summed E-state index contributed by atoms with van der Waals surface area (Å²) in [5, 5.41) is 0.102. The first kappa shape index (κ1) is 23.8.